The van der Waals surface area contributed by atoms with Crippen LogP contribution in [0.3, 0.4) is 0 Å². The number of aromatic amines is 1. The third-order valence-corrected chi connectivity index (χ3v) is 4.99. The Morgan fingerprint density at radius 3 is 2.91 bits per heavy atom. The van der Waals surface area contributed by atoms with Crippen LogP contribution in [0.25, 0.3) is 21.3 Å². The first kappa shape index (κ1) is 14.4. The monoisotopic (exact) mass is 327 g/mol. The third kappa shape index (κ3) is 2.75. The zero-order valence-corrected chi connectivity index (χ0v) is 13.7. The van der Waals surface area contributed by atoms with Gasteiger partial charge in [-0.15, -0.1) is 11.3 Å². The van der Waals surface area contributed by atoms with Crippen molar-refractivity contribution in [2.45, 2.75) is 6.92 Å². The first-order chi connectivity index (χ1) is 11.2. The Balaban J connectivity index is 1.61. The minimum Gasteiger partial charge on any atom is -0.378 e. The third-order valence-electron chi connectivity index (χ3n) is 4.04. The van der Waals surface area contributed by atoms with Crippen molar-refractivity contribution in [2.75, 3.05) is 26.3 Å². The van der Waals surface area contributed by atoms with Crippen LogP contribution >= 0.6 is 11.3 Å². The SMILES string of the molecule is Cc1nc2cc(-c3c[nH]c(C(=O)N4CCOCC4)c3)ccc2s1. The second-order valence-electron chi connectivity index (χ2n) is 5.62. The number of carbonyl (C=O) groups excluding carboxylic acids is 1. The Bertz CT molecular complexity index is 862. The van der Waals surface area contributed by atoms with Crippen LogP contribution in [0.5, 0.6) is 0 Å². The standard InChI is InChI=1S/C17H17N3O2S/c1-11-19-14-8-12(2-3-16(14)23-11)13-9-15(18-10-13)17(21)20-4-6-22-7-5-20/h2-3,8-10,18H,4-7H2,1H3. The van der Waals surface area contributed by atoms with E-state index in [1.807, 2.05) is 24.1 Å². The molecule has 3 aromatic rings. The number of thiazole rings is 1. The molecule has 0 saturated carbocycles. The van der Waals surface area contributed by atoms with Gasteiger partial charge in [-0.25, -0.2) is 4.98 Å². The molecular formula is C17H17N3O2S. The molecular weight excluding hydrogens is 310 g/mol. The van der Waals surface area contributed by atoms with Gasteiger partial charge in [-0.3, -0.25) is 4.79 Å². The predicted molar refractivity (Wildman–Crippen MR) is 90.9 cm³/mol. The lowest BCUT2D eigenvalue weighted by atomic mass is 10.1. The van der Waals surface area contributed by atoms with E-state index in [1.54, 1.807) is 11.3 Å². The molecule has 1 aliphatic heterocycles. The second kappa shape index (κ2) is 5.79. The summed E-state index contributed by atoms with van der Waals surface area (Å²) in [6.45, 7) is 4.53. The highest BCUT2D eigenvalue weighted by Gasteiger charge is 2.20. The van der Waals surface area contributed by atoms with Crippen LogP contribution in [0, 0.1) is 6.92 Å². The van der Waals surface area contributed by atoms with Crippen molar-refractivity contribution in [3.05, 3.63) is 41.2 Å². The van der Waals surface area contributed by atoms with E-state index in [9.17, 15) is 4.79 Å². The Labute approximate surface area is 137 Å². The van der Waals surface area contributed by atoms with Crippen LogP contribution in [0.4, 0.5) is 0 Å². The summed E-state index contributed by atoms with van der Waals surface area (Å²) in [6.07, 6.45) is 1.88. The van der Waals surface area contributed by atoms with Gasteiger partial charge in [-0.2, -0.15) is 0 Å². The predicted octanol–water partition coefficient (Wildman–Crippen LogP) is 3.07. The van der Waals surface area contributed by atoms with Gasteiger partial charge >= 0.3 is 0 Å². The molecule has 2 aromatic heterocycles. The molecule has 1 aromatic carbocycles. The zero-order chi connectivity index (χ0) is 15.8. The molecule has 4 rings (SSSR count). The van der Waals surface area contributed by atoms with E-state index in [1.165, 1.54) is 4.70 Å². The average molecular weight is 327 g/mol. The number of fused-ring (bicyclic) bond motifs is 1. The van der Waals surface area contributed by atoms with E-state index in [2.05, 4.69) is 28.2 Å². The summed E-state index contributed by atoms with van der Waals surface area (Å²) in [5.41, 5.74) is 3.71. The van der Waals surface area contributed by atoms with Gasteiger partial charge in [0, 0.05) is 24.8 Å². The number of aryl methyl sites for hydroxylation is 1. The van der Waals surface area contributed by atoms with Crippen molar-refractivity contribution in [1.29, 1.82) is 0 Å². The fraction of sp³-hybridized carbons (Fsp3) is 0.294. The minimum atomic E-state index is 0.0325. The van der Waals surface area contributed by atoms with Gasteiger partial charge in [0.2, 0.25) is 0 Å². The zero-order valence-electron chi connectivity index (χ0n) is 12.8. The van der Waals surface area contributed by atoms with Crippen molar-refractivity contribution < 1.29 is 9.53 Å². The molecule has 118 valence electrons. The fourth-order valence-corrected chi connectivity index (χ4v) is 3.65. The molecule has 0 unspecified atom stereocenters. The highest BCUT2D eigenvalue weighted by Crippen LogP contribution is 2.28. The van der Waals surface area contributed by atoms with Gasteiger partial charge in [-0.05, 0) is 30.7 Å². The molecule has 0 radical (unpaired) electrons. The molecule has 5 nitrogen and oxygen atoms in total. The first-order valence-corrected chi connectivity index (χ1v) is 8.45. The van der Waals surface area contributed by atoms with Gasteiger partial charge in [0.1, 0.15) is 5.69 Å². The number of H-pyrrole nitrogens is 1. The maximum absolute atomic E-state index is 12.5. The van der Waals surface area contributed by atoms with Gasteiger partial charge in [0.25, 0.3) is 5.91 Å². The van der Waals surface area contributed by atoms with Crippen LogP contribution in [0.1, 0.15) is 15.5 Å². The number of ether oxygens (including phenoxy) is 1. The molecule has 1 N–H and O–H groups in total. The molecule has 1 fully saturated rings. The number of rotatable bonds is 2. The van der Waals surface area contributed by atoms with Crippen molar-refractivity contribution in [3.8, 4) is 11.1 Å². The molecule has 23 heavy (non-hydrogen) atoms. The summed E-state index contributed by atoms with van der Waals surface area (Å²) < 4.78 is 6.48. The Morgan fingerprint density at radius 2 is 2.09 bits per heavy atom. The van der Waals surface area contributed by atoms with E-state index in [0.717, 1.165) is 21.7 Å². The maximum atomic E-state index is 12.5. The summed E-state index contributed by atoms with van der Waals surface area (Å²) in [4.78, 5) is 22.0. The fourth-order valence-electron chi connectivity index (χ4n) is 2.84. The van der Waals surface area contributed by atoms with Gasteiger partial charge < -0.3 is 14.6 Å². The molecule has 1 aliphatic rings. The molecule has 3 heterocycles. The summed E-state index contributed by atoms with van der Waals surface area (Å²) in [5.74, 6) is 0.0325. The van der Waals surface area contributed by atoms with Crippen LogP contribution in [0.2, 0.25) is 0 Å². The van der Waals surface area contributed by atoms with Crippen molar-refractivity contribution in [2.24, 2.45) is 0 Å². The summed E-state index contributed by atoms with van der Waals surface area (Å²) in [7, 11) is 0. The number of nitrogens with one attached hydrogen (secondary N) is 1. The molecule has 0 atom stereocenters. The van der Waals surface area contributed by atoms with Crippen LogP contribution in [0.15, 0.2) is 30.5 Å². The topological polar surface area (TPSA) is 58.2 Å². The Hall–Kier alpha value is -2.18. The summed E-state index contributed by atoms with van der Waals surface area (Å²) in [5, 5.41) is 1.06. The summed E-state index contributed by atoms with van der Waals surface area (Å²) >= 11 is 1.69. The van der Waals surface area contributed by atoms with Gasteiger partial charge in [-0.1, -0.05) is 6.07 Å². The lowest BCUT2D eigenvalue weighted by Crippen LogP contribution is -2.40. The van der Waals surface area contributed by atoms with Crippen molar-refractivity contribution in [1.82, 2.24) is 14.9 Å². The van der Waals surface area contributed by atoms with E-state index in [-0.39, 0.29) is 5.91 Å². The Morgan fingerprint density at radius 1 is 1.26 bits per heavy atom. The molecule has 1 amide bonds. The quantitative estimate of drug-likeness (QED) is 0.787. The van der Waals surface area contributed by atoms with Crippen LogP contribution < -0.4 is 0 Å². The highest BCUT2D eigenvalue weighted by atomic mass is 32.1. The smallest absolute Gasteiger partial charge is 0.270 e. The number of amides is 1. The first-order valence-electron chi connectivity index (χ1n) is 7.64. The normalized spacial score (nSPS) is 15.3. The number of hydrogen-bond acceptors (Lipinski definition) is 4. The van der Waals surface area contributed by atoms with E-state index >= 15 is 0 Å². The number of hydrogen-bond donors (Lipinski definition) is 1. The van der Waals surface area contributed by atoms with Crippen LogP contribution in [-0.4, -0.2) is 47.1 Å². The largest absolute Gasteiger partial charge is 0.378 e. The van der Waals surface area contributed by atoms with Gasteiger partial charge in [0.05, 0.1) is 28.4 Å². The lowest BCUT2D eigenvalue weighted by molar-refractivity contribution is 0.0299. The minimum absolute atomic E-state index is 0.0325. The number of nitrogens with zero attached hydrogens (tertiary/aromatic N) is 2. The molecule has 1 saturated heterocycles. The average Bonchev–Trinajstić information content (AvgIpc) is 3.19. The van der Waals surface area contributed by atoms with Crippen molar-refractivity contribution >= 4 is 27.5 Å². The molecule has 0 spiro atoms. The number of morpholine rings is 1. The number of benzene rings is 1. The highest BCUT2D eigenvalue weighted by molar-refractivity contribution is 7.18. The maximum Gasteiger partial charge on any atom is 0.270 e. The summed E-state index contributed by atoms with van der Waals surface area (Å²) in [6, 6.07) is 8.15. The van der Waals surface area contributed by atoms with E-state index < -0.39 is 0 Å². The molecule has 6 heteroatoms. The van der Waals surface area contributed by atoms with Gasteiger partial charge in [0.15, 0.2) is 0 Å². The second-order valence-corrected chi connectivity index (χ2v) is 6.86. The van der Waals surface area contributed by atoms with Crippen LogP contribution in [-0.2, 0) is 4.74 Å². The Kier molecular flexibility index (Phi) is 3.63. The van der Waals surface area contributed by atoms with E-state index in [4.69, 9.17) is 4.74 Å². The van der Waals surface area contributed by atoms with Crippen molar-refractivity contribution in [3.63, 3.8) is 0 Å². The molecule has 0 bridgehead atoms. The van der Waals surface area contributed by atoms with E-state index in [0.29, 0.717) is 32.0 Å². The number of carbonyl (C=O) groups is 1. The lowest BCUT2D eigenvalue weighted by Gasteiger charge is -2.26. The number of aromatic nitrogens is 2. The molecule has 0 aliphatic carbocycles.